The Bertz CT molecular complexity index is 363. The third kappa shape index (κ3) is 2.54. The highest BCUT2D eigenvalue weighted by Crippen LogP contribution is 2.29. The van der Waals surface area contributed by atoms with E-state index in [4.69, 9.17) is 4.74 Å². The van der Waals surface area contributed by atoms with E-state index in [-0.39, 0.29) is 16.7 Å². The van der Waals surface area contributed by atoms with Gasteiger partial charge in [-0.3, -0.25) is 4.79 Å². The van der Waals surface area contributed by atoms with Gasteiger partial charge < -0.3 is 4.74 Å². The molecular weight excluding hydrogens is 251 g/mol. The smallest absolute Gasteiger partial charge is 0.141 e. The van der Waals surface area contributed by atoms with Crippen molar-refractivity contribution in [2.45, 2.75) is 13.3 Å². The Hall–Kier alpha value is -0.900. The van der Waals surface area contributed by atoms with Gasteiger partial charge in [-0.2, -0.15) is 0 Å². The largest absolute Gasteiger partial charge is 0.495 e. The summed E-state index contributed by atoms with van der Waals surface area (Å²) < 4.78 is 18.5. The van der Waals surface area contributed by atoms with Crippen LogP contribution in [0, 0.1) is 5.82 Å². The van der Waals surface area contributed by atoms with Crippen LogP contribution in [0.5, 0.6) is 5.75 Å². The van der Waals surface area contributed by atoms with Crippen molar-refractivity contribution in [1.29, 1.82) is 0 Å². The third-order valence-corrected chi connectivity index (χ3v) is 2.50. The molecule has 0 amide bonds. The molecule has 1 rings (SSSR count). The molecule has 0 N–H and O–H groups in total. The van der Waals surface area contributed by atoms with E-state index in [2.05, 4.69) is 15.9 Å². The minimum atomic E-state index is -0.416. The second-order valence-corrected chi connectivity index (χ2v) is 3.77. The van der Waals surface area contributed by atoms with Crippen molar-refractivity contribution in [3.63, 3.8) is 0 Å². The number of benzene rings is 1. The van der Waals surface area contributed by atoms with Gasteiger partial charge in [0.1, 0.15) is 17.3 Å². The highest BCUT2D eigenvalue weighted by molar-refractivity contribution is 9.10. The van der Waals surface area contributed by atoms with Gasteiger partial charge in [-0.15, -0.1) is 0 Å². The molecule has 0 saturated heterocycles. The van der Waals surface area contributed by atoms with E-state index in [1.807, 2.05) is 0 Å². The normalized spacial score (nSPS) is 10.0. The van der Waals surface area contributed by atoms with E-state index in [1.54, 1.807) is 6.07 Å². The number of carbonyl (C=O) groups is 1. The number of ketones is 1. The van der Waals surface area contributed by atoms with Crippen LogP contribution in [0.4, 0.5) is 4.39 Å². The molecule has 0 heterocycles. The maximum atomic E-state index is 13.2. The standard InChI is InChI=1S/C10H10BrFO2/c1-6(13)3-7-4-8(12)10(11)9(5-7)14-2/h4-5H,3H2,1-2H3. The van der Waals surface area contributed by atoms with Crippen molar-refractivity contribution >= 4 is 21.7 Å². The first-order valence-corrected chi connectivity index (χ1v) is 4.85. The molecule has 0 aromatic heterocycles. The van der Waals surface area contributed by atoms with Crippen LogP contribution in [-0.2, 0) is 11.2 Å². The van der Waals surface area contributed by atoms with Crippen molar-refractivity contribution in [3.05, 3.63) is 28.0 Å². The molecule has 14 heavy (non-hydrogen) atoms. The number of hydrogen-bond donors (Lipinski definition) is 0. The molecule has 0 bridgehead atoms. The predicted octanol–water partition coefficient (Wildman–Crippen LogP) is 2.73. The number of carbonyl (C=O) groups excluding carboxylic acids is 1. The zero-order valence-electron chi connectivity index (χ0n) is 7.93. The first-order valence-electron chi connectivity index (χ1n) is 4.06. The molecule has 0 aliphatic rings. The number of hydrogen-bond acceptors (Lipinski definition) is 2. The zero-order valence-corrected chi connectivity index (χ0v) is 9.52. The van der Waals surface area contributed by atoms with E-state index in [0.29, 0.717) is 11.3 Å². The molecule has 0 fully saturated rings. The average molecular weight is 261 g/mol. The fourth-order valence-electron chi connectivity index (χ4n) is 1.16. The summed E-state index contributed by atoms with van der Waals surface area (Å²) in [6.45, 7) is 1.46. The highest BCUT2D eigenvalue weighted by Gasteiger charge is 2.09. The van der Waals surface area contributed by atoms with Gasteiger partial charge in [0.25, 0.3) is 0 Å². The zero-order chi connectivity index (χ0) is 10.7. The average Bonchev–Trinajstić information content (AvgIpc) is 2.10. The third-order valence-electron chi connectivity index (χ3n) is 1.73. The van der Waals surface area contributed by atoms with Crippen molar-refractivity contribution in [2.75, 3.05) is 7.11 Å². The summed E-state index contributed by atoms with van der Waals surface area (Å²) in [4.78, 5) is 10.8. The molecule has 1 aromatic carbocycles. The lowest BCUT2D eigenvalue weighted by Gasteiger charge is -2.06. The number of Topliss-reactive ketones (excluding diaryl/α,β-unsaturated/α-hetero) is 1. The van der Waals surface area contributed by atoms with Crippen LogP contribution < -0.4 is 4.74 Å². The Balaban J connectivity index is 3.09. The van der Waals surface area contributed by atoms with Crippen molar-refractivity contribution < 1.29 is 13.9 Å². The van der Waals surface area contributed by atoms with Gasteiger partial charge in [0.05, 0.1) is 11.6 Å². The van der Waals surface area contributed by atoms with E-state index >= 15 is 0 Å². The maximum absolute atomic E-state index is 13.2. The second-order valence-electron chi connectivity index (χ2n) is 2.97. The lowest BCUT2D eigenvalue weighted by Crippen LogP contribution is -1.98. The SMILES string of the molecule is COc1cc(CC(C)=O)cc(F)c1Br. The predicted molar refractivity (Wildman–Crippen MR) is 55.0 cm³/mol. The summed E-state index contributed by atoms with van der Waals surface area (Å²) in [6.07, 6.45) is 0.223. The lowest BCUT2D eigenvalue weighted by atomic mass is 10.1. The number of rotatable bonds is 3. The van der Waals surface area contributed by atoms with Crippen LogP contribution in [-0.4, -0.2) is 12.9 Å². The van der Waals surface area contributed by atoms with Gasteiger partial charge in [-0.25, -0.2) is 4.39 Å². The maximum Gasteiger partial charge on any atom is 0.141 e. The van der Waals surface area contributed by atoms with Gasteiger partial charge in [0.2, 0.25) is 0 Å². The molecule has 0 aliphatic heterocycles. The lowest BCUT2D eigenvalue weighted by molar-refractivity contribution is -0.116. The first-order chi connectivity index (χ1) is 6.54. The van der Waals surface area contributed by atoms with Gasteiger partial charge in [-0.1, -0.05) is 0 Å². The molecule has 76 valence electrons. The van der Waals surface area contributed by atoms with Crippen molar-refractivity contribution in [1.82, 2.24) is 0 Å². The fraction of sp³-hybridized carbons (Fsp3) is 0.300. The first kappa shape index (κ1) is 11.2. The minimum Gasteiger partial charge on any atom is -0.495 e. The molecule has 0 unspecified atom stereocenters. The highest BCUT2D eigenvalue weighted by atomic mass is 79.9. The Morgan fingerprint density at radius 1 is 1.57 bits per heavy atom. The Morgan fingerprint density at radius 3 is 2.71 bits per heavy atom. The van der Waals surface area contributed by atoms with Crippen molar-refractivity contribution in [3.8, 4) is 5.75 Å². The fourth-order valence-corrected chi connectivity index (χ4v) is 1.55. The molecule has 1 aromatic rings. The van der Waals surface area contributed by atoms with Gasteiger partial charge in [0, 0.05) is 6.42 Å². The topological polar surface area (TPSA) is 26.3 Å². The number of ether oxygens (including phenoxy) is 1. The van der Waals surface area contributed by atoms with Gasteiger partial charge in [-0.05, 0) is 40.5 Å². The van der Waals surface area contributed by atoms with E-state index < -0.39 is 5.82 Å². The van der Waals surface area contributed by atoms with E-state index in [0.717, 1.165) is 0 Å². The molecule has 0 saturated carbocycles. The van der Waals surface area contributed by atoms with E-state index in [9.17, 15) is 9.18 Å². The summed E-state index contributed by atoms with van der Waals surface area (Å²) in [5, 5.41) is 0. The quantitative estimate of drug-likeness (QED) is 0.836. The molecule has 2 nitrogen and oxygen atoms in total. The van der Waals surface area contributed by atoms with E-state index in [1.165, 1.54) is 20.1 Å². The van der Waals surface area contributed by atoms with Crippen LogP contribution >= 0.6 is 15.9 Å². The van der Waals surface area contributed by atoms with Crippen LogP contribution in [0.3, 0.4) is 0 Å². The molecule has 4 heteroatoms. The summed E-state index contributed by atoms with van der Waals surface area (Å²) in [6, 6.07) is 2.97. The molecule has 0 radical (unpaired) electrons. The van der Waals surface area contributed by atoms with Crippen LogP contribution in [0.25, 0.3) is 0 Å². The number of halogens is 2. The molecular formula is C10H10BrFO2. The molecule has 0 spiro atoms. The summed E-state index contributed by atoms with van der Waals surface area (Å²) in [5.41, 5.74) is 0.620. The second kappa shape index (κ2) is 4.55. The monoisotopic (exact) mass is 260 g/mol. The Morgan fingerprint density at radius 2 is 2.21 bits per heavy atom. The van der Waals surface area contributed by atoms with Gasteiger partial charge >= 0.3 is 0 Å². The summed E-state index contributed by atoms with van der Waals surface area (Å²) in [5.74, 6) is -0.0179. The summed E-state index contributed by atoms with van der Waals surface area (Å²) in [7, 11) is 1.46. The minimum absolute atomic E-state index is 0.00576. The Kier molecular flexibility index (Phi) is 3.63. The van der Waals surface area contributed by atoms with Crippen LogP contribution in [0.15, 0.2) is 16.6 Å². The molecule has 0 atom stereocenters. The van der Waals surface area contributed by atoms with Gasteiger partial charge in [0.15, 0.2) is 0 Å². The molecule has 0 aliphatic carbocycles. The van der Waals surface area contributed by atoms with Crippen LogP contribution in [0.1, 0.15) is 12.5 Å². The summed E-state index contributed by atoms with van der Waals surface area (Å²) >= 11 is 3.06. The van der Waals surface area contributed by atoms with Crippen molar-refractivity contribution in [2.24, 2.45) is 0 Å². The number of methoxy groups -OCH3 is 1. The van der Waals surface area contributed by atoms with Crippen LogP contribution in [0.2, 0.25) is 0 Å². The Labute approximate surface area is 90.2 Å².